The molecule has 0 spiro atoms. The average Bonchev–Trinajstić information content (AvgIpc) is 2.67. The largest absolute Gasteiger partial charge is 0.396 e. The number of fused-ring (bicyclic) bond motifs is 3. The smallest absolute Gasteiger partial charge is 0.0431 e. The monoisotopic (exact) mass is 428 g/mol. The van der Waals surface area contributed by atoms with Gasteiger partial charge in [0.25, 0.3) is 0 Å². The highest BCUT2D eigenvalue weighted by Crippen LogP contribution is 2.73. The van der Waals surface area contributed by atoms with Gasteiger partial charge in [0.1, 0.15) is 0 Å². The van der Waals surface area contributed by atoms with E-state index in [0.717, 1.165) is 12.3 Å². The molecule has 0 aromatic carbocycles. The van der Waals surface area contributed by atoms with Gasteiger partial charge in [-0.2, -0.15) is 0 Å². The van der Waals surface area contributed by atoms with E-state index in [9.17, 15) is 5.11 Å². The summed E-state index contributed by atoms with van der Waals surface area (Å²) < 4.78 is 0. The minimum atomic E-state index is 0.340. The summed E-state index contributed by atoms with van der Waals surface area (Å²) in [6.45, 7) is 20.1. The maximum absolute atomic E-state index is 9.62. The predicted molar refractivity (Wildman–Crippen MR) is 135 cm³/mol. The third-order valence-electron chi connectivity index (χ3n) is 10.7. The third kappa shape index (κ3) is 4.47. The van der Waals surface area contributed by atoms with Gasteiger partial charge >= 0.3 is 0 Å². The number of allylic oxidation sites excluding steroid dienone is 4. The molecule has 1 N–H and O–H groups in total. The Balaban J connectivity index is 1.89. The number of aliphatic hydroxyl groups is 1. The maximum atomic E-state index is 9.62. The minimum Gasteiger partial charge on any atom is -0.396 e. The Morgan fingerprint density at radius 2 is 1.71 bits per heavy atom. The number of hydrogen-bond acceptors (Lipinski definition) is 1. The van der Waals surface area contributed by atoms with Crippen molar-refractivity contribution in [3.63, 3.8) is 0 Å². The van der Waals surface area contributed by atoms with E-state index in [1.54, 1.807) is 11.1 Å². The summed E-state index contributed by atoms with van der Waals surface area (Å²) in [7, 11) is 0. The van der Waals surface area contributed by atoms with Gasteiger partial charge in [-0.05, 0) is 132 Å². The Hall–Kier alpha value is -0.560. The van der Waals surface area contributed by atoms with Crippen LogP contribution in [0.3, 0.4) is 0 Å². The van der Waals surface area contributed by atoms with Crippen molar-refractivity contribution in [2.24, 2.45) is 33.5 Å². The van der Waals surface area contributed by atoms with Gasteiger partial charge in [0, 0.05) is 6.61 Å². The maximum Gasteiger partial charge on any atom is 0.0431 e. The lowest BCUT2D eigenvalue weighted by Gasteiger charge is -2.69. The van der Waals surface area contributed by atoms with Crippen molar-refractivity contribution in [3.05, 3.63) is 22.8 Å². The van der Waals surface area contributed by atoms with Crippen LogP contribution in [0.25, 0.3) is 0 Å². The highest BCUT2D eigenvalue weighted by Gasteiger charge is 2.64. The fourth-order valence-electron chi connectivity index (χ4n) is 8.77. The molecule has 3 rings (SSSR count). The van der Waals surface area contributed by atoms with Crippen molar-refractivity contribution in [1.82, 2.24) is 0 Å². The highest BCUT2D eigenvalue weighted by atomic mass is 16.2. The molecule has 0 aliphatic heterocycles. The number of rotatable bonds is 6. The molecular weight excluding hydrogens is 376 g/mol. The molecular formula is C30H52O. The van der Waals surface area contributed by atoms with Crippen LogP contribution in [-0.4, -0.2) is 11.7 Å². The number of aliphatic hydroxyl groups excluding tert-OH is 1. The van der Waals surface area contributed by atoms with Gasteiger partial charge in [0.15, 0.2) is 0 Å². The summed E-state index contributed by atoms with van der Waals surface area (Å²) in [6.07, 6.45) is 16.9. The van der Waals surface area contributed by atoms with Crippen LogP contribution in [0.4, 0.5) is 0 Å². The molecule has 6 atom stereocenters. The zero-order valence-electron chi connectivity index (χ0n) is 22.2. The molecule has 3 aliphatic rings. The lowest BCUT2D eigenvalue weighted by Crippen LogP contribution is -2.60. The van der Waals surface area contributed by atoms with E-state index in [2.05, 4.69) is 61.5 Å². The first-order valence-corrected chi connectivity index (χ1v) is 13.3. The Morgan fingerprint density at radius 3 is 2.32 bits per heavy atom. The van der Waals surface area contributed by atoms with Crippen LogP contribution >= 0.6 is 0 Å². The van der Waals surface area contributed by atoms with E-state index < -0.39 is 0 Å². The Morgan fingerprint density at radius 1 is 1.00 bits per heavy atom. The van der Waals surface area contributed by atoms with Crippen molar-refractivity contribution in [3.8, 4) is 0 Å². The summed E-state index contributed by atoms with van der Waals surface area (Å²) in [5.74, 6) is 1.50. The first kappa shape index (κ1) is 25.1. The second-order valence-electron chi connectivity index (χ2n) is 13.3. The molecule has 3 saturated carbocycles. The van der Waals surface area contributed by atoms with E-state index in [-0.39, 0.29) is 0 Å². The fraction of sp³-hybridized carbons (Fsp3) is 0.867. The molecule has 0 heterocycles. The first-order valence-electron chi connectivity index (χ1n) is 13.3. The molecule has 0 aromatic rings. The van der Waals surface area contributed by atoms with Gasteiger partial charge in [-0.15, -0.1) is 0 Å². The van der Waals surface area contributed by atoms with Gasteiger partial charge in [0.05, 0.1) is 0 Å². The lowest BCUT2D eigenvalue weighted by molar-refractivity contribution is -0.184. The Labute approximate surface area is 194 Å². The van der Waals surface area contributed by atoms with E-state index in [0.29, 0.717) is 34.2 Å². The molecule has 0 saturated heterocycles. The van der Waals surface area contributed by atoms with Gasteiger partial charge in [0.2, 0.25) is 0 Å². The molecule has 0 bridgehead atoms. The van der Waals surface area contributed by atoms with Crippen molar-refractivity contribution >= 4 is 0 Å². The van der Waals surface area contributed by atoms with Crippen molar-refractivity contribution in [2.75, 3.05) is 6.61 Å². The van der Waals surface area contributed by atoms with E-state index >= 15 is 0 Å². The van der Waals surface area contributed by atoms with Crippen LogP contribution in [0, 0.1) is 33.5 Å². The SMILES string of the molecule is CC(C)=CCC[C@]1(C)CC[C@]2(C)C3CCC(=C(C)C)[C@@H](CCCO)[C@]3(C)CC[C@@]2(C)C1. The van der Waals surface area contributed by atoms with E-state index in [4.69, 9.17) is 0 Å². The van der Waals surface area contributed by atoms with Crippen LogP contribution < -0.4 is 0 Å². The van der Waals surface area contributed by atoms with E-state index in [1.165, 1.54) is 69.8 Å². The zero-order valence-corrected chi connectivity index (χ0v) is 22.2. The second-order valence-corrected chi connectivity index (χ2v) is 13.3. The molecule has 3 fully saturated rings. The Kier molecular flexibility index (Phi) is 7.28. The number of hydrogen-bond donors (Lipinski definition) is 1. The average molecular weight is 429 g/mol. The van der Waals surface area contributed by atoms with Gasteiger partial charge < -0.3 is 5.11 Å². The summed E-state index contributed by atoms with van der Waals surface area (Å²) in [5.41, 5.74) is 6.60. The Bertz CT molecular complexity index is 708. The quantitative estimate of drug-likeness (QED) is 0.419. The molecule has 1 heteroatoms. The fourth-order valence-corrected chi connectivity index (χ4v) is 8.77. The topological polar surface area (TPSA) is 20.2 Å². The molecule has 178 valence electrons. The van der Waals surface area contributed by atoms with Crippen molar-refractivity contribution < 1.29 is 5.11 Å². The zero-order chi connectivity index (χ0) is 23.1. The van der Waals surface area contributed by atoms with Crippen LogP contribution in [-0.2, 0) is 0 Å². The lowest BCUT2D eigenvalue weighted by atomic mass is 9.36. The van der Waals surface area contributed by atoms with Crippen molar-refractivity contribution in [1.29, 1.82) is 0 Å². The van der Waals surface area contributed by atoms with E-state index in [1.807, 2.05) is 0 Å². The highest BCUT2D eigenvalue weighted by molar-refractivity contribution is 5.24. The summed E-state index contributed by atoms with van der Waals surface area (Å²) in [4.78, 5) is 0. The minimum absolute atomic E-state index is 0.340. The van der Waals surface area contributed by atoms with Crippen LogP contribution in [0.5, 0.6) is 0 Å². The summed E-state index contributed by atoms with van der Waals surface area (Å²) in [6, 6.07) is 0. The molecule has 0 amide bonds. The van der Waals surface area contributed by atoms with Gasteiger partial charge in [-0.3, -0.25) is 0 Å². The molecule has 3 aliphatic carbocycles. The van der Waals surface area contributed by atoms with Crippen molar-refractivity contribution in [2.45, 2.75) is 126 Å². The van der Waals surface area contributed by atoms with Crippen LogP contribution in [0.1, 0.15) is 126 Å². The first-order chi connectivity index (χ1) is 14.4. The molecule has 31 heavy (non-hydrogen) atoms. The van der Waals surface area contributed by atoms with Crippen LogP contribution in [0.2, 0.25) is 0 Å². The van der Waals surface area contributed by atoms with Gasteiger partial charge in [-0.1, -0.05) is 50.5 Å². The molecule has 1 unspecified atom stereocenters. The van der Waals surface area contributed by atoms with Crippen LogP contribution in [0.15, 0.2) is 22.8 Å². The third-order valence-corrected chi connectivity index (χ3v) is 10.7. The van der Waals surface area contributed by atoms with Gasteiger partial charge in [-0.25, -0.2) is 0 Å². The standard InChI is InChI=1S/C30H52O/c1-22(2)11-9-15-27(5)16-19-30(8)26-14-13-24(23(3)4)25(12-10-20-31)29(26,7)18-17-28(30,6)21-27/h11,25-26,31H,9-10,12-21H2,1-8H3/t25-,26?,27-,28+,29+,30-/m1/s1. The molecule has 1 nitrogen and oxygen atoms in total. The predicted octanol–water partition coefficient (Wildman–Crippen LogP) is 8.87. The summed E-state index contributed by atoms with van der Waals surface area (Å²) in [5, 5.41) is 9.62. The second kappa shape index (κ2) is 9.00. The molecule has 0 aromatic heterocycles. The molecule has 0 radical (unpaired) electrons. The summed E-state index contributed by atoms with van der Waals surface area (Å²) >= 11 is 0. The normalized spacial score (nSPS) is 42.5.